The molecule has 1 fully saturated rings. The average Bonchev–Trinajstić information content (AvgIpc) is 2.77. The second-order valence-corrected chi connectivity index (χ2v) is 9.82. The van der Waals surface area contributed by atoms with Crippen LogP contribution in [-0.4, -0.2) is 9.97 Å². The van der Waals surface area contributed by atoms with Gasteiger partial charge in [-0.25, -0.2) is 20.2 Å². The smallest absolute Gasteiger partial charge is 0.149 e. The lowest BCUT2D eigenvalue weighted by molar-refractivity contribution is 0.180. The Hall–Kier alpha value is -3.31. The molecule has 4 aromatic rings. The number of aromatic nitrogens is 2. The molecule has 1 atom stereocenters. The zero-order valence-electron chi connectivity index (χ0n) is 19.2. The first-order valence-electron chi connectivity index (χ1n) is 11.3. The van der Waals surface area contributed by atoms with Crippen molar-refractivity contribution < 1.29 is 4.39 Å². The number of benzene rings is 2. The lowest BCUT2D eigenvalue weighted by atomic mass is 9.59. The Balaban J connectivity index is 1.61. The number of hydrazine groups is 1. The number of nitrogen functional groups attached to an aromatic ring is 1. The third kappa shape index (κ3) is 3.98. The van der Waals surface area contributed by atoms with E-state index in [0.717, 1.165) is 39.7 Å². The fourth-order valence-electron chi connectivity index (χ4n) is 4.86. The predicted molar refractivity (Wildman–Crippen MR) is 133 cm³/mol. The van der Waals surface area contributed by atoms with Gasteiger partial charge in [0.15, 0.2) is 0 Å². The molecule has 0 spiro atoms. The maximum Gasteiger partial charge on any atom is 0.149 e. The monoisotopic (exact) mass is 439 g/mol. The Labute approximate surface area is 194 Å². The Bertz CT molecular complexity index is 1290. The van der Waals surface area contributed by atoms with Crippen molar-refractivity contribution in [1.29, 1.82) is 0 Å². The summed E-state index contributed by atoms with van der Waals surface area (Å²) in [6.45, 7) is 6.95. The fourth-order valence-corrected chi connectivity index (χ4v) is 4.86. The van der Waals surface area contributed by atoms with Gasteiger partial charge in [0.1, 0.15) is 11.6 Å². The van der Waals surface area contributed by atoms with Crippen LogP contribution >= 0.6 is 0 Å². The highest BCUT2D eigenvalue weighted by molar-refractivity contribution is 5.96. The zero-order valence-corrected chi connectivity index (χ0v) is 19.2. The molecule has 33 heavy (non-hydrogen) atoms. The van der Waals surface area contributed by atoms with E-state index < -0.39 is 0 Å². The van der Waals surface area contributed by atoms with Crippen molar-refractivity contribution in [3.05, 3.63) is 84.2 Å². The van der Waals surface area contributed by atoms with Crippen molar-refractivity contribution in [3.8, 4) is 22.4 Å². The van der Waals surface area contributed by atoms with Crippen LogP contribution in [0.1, 0.15) is 39.2 Å². The summed E-state index contributed by atoms with van der Waals surface area (Å²) < 4.78 is 13.6. The van der Waals surface area contributed by atoms with Gasteiger partial charge in [-0.3, -0.25) is 0 Å². The molecule has 2 aromatic carbocycles. The largest absolute Gasteiger partial charge is 0.308 e. The molecule has 1 radical (unpaired) electrons. The first-order chi connectivity index (χ1) is 15.8. The summed E-state index contributed by atoms with van der Waals surface area (Å²) in [5.41, 5.74) is 8.70. The van der Waals surface area contributed by atoms with Crippen LogP contribution in [0.3, 0.4) is 0 Å². The van der Waals surface area contributed by atoms with Crippen molar-refractivity contribution in [2.45, 2.75) is 33.6 Å². The number of fused-ring (bicyclic) bond motifs is 1. The minimum absolute atomic E-state index is 0.268. The van der Waals surface area contributed by atoms with Gasteiger partial charge < -0.3 is 5.43 Å². The number of nitrogens with two attached hydrogens (primary N) is 1. The lowest BCUT2D eigenvalue weighted by Crippen LogP contribution is -2.35. The summed E-state index contributed by atoms with van der Waals surface area (Å²) in [6.07, 6.45) is 4.11. The Kier molecular flexibility index (Phi) is 5.37. The molecule has 0 bridgehead atoms. The van der Waals surface area contributed by atoms with Crippen molar-refractivity contribution >= 4 is 16.7 Å². The predicted octanol–water partition coefficient (Wildman–Crippen LogP) is 6.77. The number of halogens is 1. The number of nitrogens with zero attached hydrogens (tertiary/aromatic N) is 2. The zero-order chi connectivity index (χ0) is 23.2. The van der Waals surface area contributed by atoms with Crippen molar-refractivity contribution in [3.63, 3.8) is 0 Å². The number of rotatable bonds is 4. The van der Waals surface area contributed by atoms with Crippen LogP contribution in [-0.2, 0) is 0 Å². The summed E-state index contributed by atoms with van der Waals surface area (Å²) in [5.74, 6) is 8.15. The van der Waals surface area contributed by atoms with Crippen LogP contribution in [0.15, 0.2) is 66.9 Å². The van der Waals surface area contributed by atoms with E-state index in [4.69, 9.17) is 10.8 Å². The summed E-state index contributed by atoms with van der Waals surface area (Å²) in [6, 6.07) is 19.1. The summed E-state index contributed by atoms with van der Waals surface area (Å²) in [4.78, 5) is 9.29. The standard InChI is InChI=1S/C28H28FN4/c1-28(2,3)24-13-12-21(24)17-4-6-19(7-5-17)26-22(18-8-10-20(29)11-9-18)16-23-25(32-26)14-15-31-27(23)33-30/h4-11,14-16,24H,12-13,30H2,1-3H3,(H,31,33). The highest BCUT2D eigenvalue weighted by Crippen LogP contribution is 2.51. The third-order valence-corrected chi connectivity index (χ3v) is 6.73. The fraction of sp³-hybridized carbons (Fsp3) is 0.250. The molecule has 1 saturated carbocycles. The quantitative estimate of drug-likeness (QED) is 0.272. The Morgan fingerprint density at radius 2 is 1.61 bits per heavy atom. The normalized spacial score (nSPS) is 16.6. The summed E-state index contributed by atoms with van der Waals surface area (Å²) in [5, 5.41) is 0.817. The number of hydrogen-bond acceptors (Lipinski definition) is 4. The molecule has 0 saturated heterocycles. The van der Waals surface area contributed by atoms with Crippen molar-refractivity contribution in [2.75, 3.05) is 5.43 Å². The minimum atomic E-state index is -0.268. The van der Waals surface area contributed by atoms with Crippen LogP contribution in [0.25, 0.3) is 33.3 Å². The molecular weight excluding hydrogens is 411 g/mol. The average molecular weight is 440 g/mol. The lowest BCUT2D eigenvalue weighted by Gasteiger charge is -2.45. The molecule has 2 aromatic heterocycles. The molecule has 0 amide bonds. The van der Waals surface area contributed by atoms with E-state index in [1.54, 1.807) is 24.2 Å². The minimum Gasteiger partial charge on any atom is -0.308 e. The highest BCUT2D eigenvalue weighted by atomic mass is 19.1. The van der Waals surface area contributed by atoms with Gasteiger partial charge in [0, 0.05) is 28.6 Å². The van der Waals surface area contributed by atoms with Crippen LogP contribution in [0.4, 0.5) is 10.2 Å². The maximum absolute atomic E-state index is 13.6. The van der Waals surface area contributed by atoms with E-state index in [0.29, 0.717) is 11.7 Å². The van der Waals surface area contributed by atoms with E-state index >= 15 is 0 Å². The van der Waals surface area contributed by atoms with E-state index in [1.165, 1.54) is 24.1 Å². The number of pyridine rings is 2. The molecule has 5 heteroatoms. The SMILES string of the molecule is CC(C)(C)C1CC[C]1c1ccc(-c2nc3ccnc(NN)c3cc2-c2ccc(F)cc2)cc1. The van der Waals surface area contributed by atoms with Crippen molar-refractivity contribution in [1.82, 2.24) is 9.97 Å². The number of nitrogens with one attached hydrogen (secondary N) is 1. The van der Waals surface area contributed by atoms with Crippen molar-refractivity contribution in [2.24, 2.45) is 17.2 Å². The van der Waals surface area contributed by atoms with E-state index in [1.807, 2.05) is 12.1 Å². The van der Waals surface area contributed by atoms with Gasteiger partial charge in [-0.1, -0.05) is 57.2 Å². The second-order valence-electron chi connectivity index (χ2n) is 9.82. The summed E-state index contributed by atoms with van der Waals surface area (Å²) in [7, 11) is 0. The molecule has 0 aliphatic heterocycles. The topological polar surface area (TPSA) is 63.8 Å². The third-order valence-electron chi connectivity index (χ3n) is 6.73. The van der Waals surface area contributed by atoms with Crippen LogP contribution in [0, 0.1) is 23.1 Å². The molecule has 5 rings (SSSR count). The highest BCUT2D eigenvalue weighted by Gasteiger charge is 2.40. The maximum atomic E-state index is 13.6. The van der Waals surface area contributed by atoms with Gasteiger partial charge in [-0.05, 0) is 59.6 Å². The molecule has 167 valence electrons. The summed E-state index contributed by atoms with van der Waals surface area (Å²) >= 11 is 0. The van der Waals surface area contributed by atoms with E-state index in [9.17, 15) is 4.39 Å². The molecule has 1 unspecified atom stereocenters. The van der Waals surface area contributed by atoms with Gasteiger partial charge in [-0.15, -0.1) is 0 Å². The van der Waals surface area contributed by atoms with Gasteiger partial charge in [0.2, 0.25) is 0 Å². The number of hydrogen-bond donors (Lipinski definition) is 2. The molecule has 2 heterocycles. The first kappa shape index (κ1) is 21.5. The van der Waals surface area contributed by atoms with E-state index in [-0.39, 0.29) is 11.2 Å². The van der Waals surface area contributed by atoms with Gasteiger partial charge in [-0.2, -0.15) is 0 Å². The molecule has 1 aliphatic rings. The number of anilines is 1. The Morgan fingerprint density at radius 1 is 0.939 bits per heavy atom. The molecule has 1 aliphatic carbocycles. The molecular formula is C28H28FN4. The van der Waals surface area contributed by atoms with Crippen LogP contribution < -0.4 is 11.3 Å². The first-order valence-corrected chi connectivity index (χ1v) is 11.3. The molecule has 4 nitrogen and oxygen atoms in total. The van der Waals surface area contributed by atoms with Gasteiger partial charge >= 0.3 is 0 Å². The van der Waals surface area contributed by atoms with Gasteiger partial charge in [0.25, 0.3) is 0 Å². The van der Waals surface area contributed by atoms with Crippen LogP contribution in [0.2, 0.25) is 0 Å². The van der Waals surface area contributed by atoms with E-state index in [2.05, 4.69) is 55.4 Å². The van der Waals surface area contributed by atoms with Gasteiger partial charge in [0.05, 0.1) is 11.2 Å². The Morgan fingerprint density at radius 3 is 2.21 bits per heavy atom. The van der Waals surface area contributed by atoms with Crippen LogP contribution in [0.5, 0.6) is 0 Å². The second kappa shape index (κ2) is 8.23. The molecule has 3 N–H and O–H groups in total.